The predicted molar refractivity (Wildman–Crippen MR) is 73.1 cm³/mol. The first kappa shape index (κ1) is 13.9. The van der Waals surface area contributed by atoms with Crippen molar-refractivity contribution in [3.63, 3.8) is 0 Å². The van der Waals surface area contributed by atoms with Gasteiger partial charge in [-0.3, -0.25) is 0 Å². The van der Waals surface area contributed by atoms with Gasteiger partial charge in [0, 0.05) is 0 Å². The van der Waals surface area contributed by atoms with E-state index in [0.29, 0.717) is 17.9 Å². The monoisotopic (exact) mass is 271 g/mol. The molecular weight excluding hydrogens is 257 g/mol. The van der Waals surface area contributed by atoms with Crippen LogP contribution in [0.25, 0.3) is 0 Å². The predicted octanol–water partition coefficient (Wildman–Crippen LogP) is 3.68. The molecule has 0 fully saturated rings. The van der Waals surface area contributed by atoms with Crippen molar-refractivity contribution in [1.82, 2.24) is 0 Å². The summed E-state index contributed by atoms with van der Waals surface area (Å²) in [5.41, 5.74) is 0.908. The fourth-order valence-corrected chi connectivity index (χ4v) is 1.76. The molecule has 0 aliphatic carbocycles. The second-order valence-corrected chi connectivity index (χ2v) is 4.15. The first-order valence-corrected chi connectivity index (χ1v) is 6.26. The molecule has 2 aromatic rings. The Morgan fingerprint density at radius 3 is 2.30 bits per heavy atom. The molecule has 0 radical (unpaired) electrons. The highest BCUT2D eigenvalue weighted by atomic mass is 19.1. The van der Waals surface area contributed by atoms with Gasteiger partial charge in [0.15, 0.2) is 0 Å². The Kier molecular flexibility index (Phi) is 4.56. The summed E-state index contributed by atoms with van der Waals surface area (Å²) in [5.74, 6) is 1.00. The van der Waals surface area contributed by atoms with Gasteiger partial charge < -0.3 is 9.47 Å². The number of hydrogen-bond donors (Lipinski definition) is 0. The first-order valence-electron chi connectivity index (χ1n) is 6.26. The lowest BCUT2D eigenvalue weighted by molar-refractivity contribution is 0.303. The van der Waals surface area contributed by atoms with E-state index in [1.165, 1.54) is 12.1 Å². The largest absolute Gasteiger partial charge is 0.494 e. The van der Waals surface area contributed by atoms with Crippen LogP contribution < -0.4 is 9.47 Å². The molecule has 102 valence electrons. The van der Waals surface area contributed by atoms with E-state index in [9.17, 15) is 4.39 Å². The van der Waals surface area contributed by atoms with Gasteiger partial charge in [-0.05, 0) is 55.0 Å². The van der Waals surface area contributed by atoms with Crippen molar-refractivity contribution in [2.75, 3.05) is 6.61 Å². The molecule has 4 heteroatoms. The molecule has 0 saturated heterocycles. The highest BCUT2D eigenvalue weighted by Crippen LogP contribution is 2.19. The van der Waals surface area contributed by atoms with E-state index in [1.54, 1.807) is 18.2 Å². The summed E-state index contributed by atoms with van der Waals surface area (Å²) in [4.78, 5) is 0. The summed E-state index contributed by atoms with van der Waals surface area (Å²) >= 11 is 0. The minimum absolute atomic E-state index is 0.209. The van der Waals surface area contributed by atoms with Gasteiger partial charge in [0.25, 0.3) is 0 Å². The van der Waals surface area contributed by atoms with Crippen LogP contribution in [0.4, 0.5) is 4.39 Å². The van der Waals surface area contributed by atoms with Crippen molar-refractivity contribution >= 4 is 0 Å². The Morgan fingerprint density at radius 1 is 1.05 bits per heavy atom. The average Bonchev–Trinajstić information content (AvgIpc) is 2.46. The number of nitriles is 1. The molecular formula is C16H14FNO2. The fourth-order valence-electron chi connectivity index (χ4n) is 1.76. The number of ether oxygens (including phenoxy) is 2. The Morgan fingerprint density at radius 2 is 1.70 bits per heavy atom. The summed E-state index contributed by atoms with van der Waals surface area (Å²) in [6.07, 6.45) is 0. The molecule has 0 aliphatic rings. The number of rotatable bonds is 5. The summed E-state index contributed by atoms with van der Waals surface area (Å²) < 4.78 is 24.1. The van der Waals surface area contributed by atoms with Gasteiger partial charge in [-0.25, -0.2) is 4.39 Å². The van der Waals surface area contributed by atoms with Crippen molar-refractivity contribution in [2.24, 2.45) is 0 Å². The highest BCUT2D eigenvalue weighted by Gasteiger charge is 2.02. The van der Waals surface area contributed by atoms with Gasteiger partial charge in [0.2, 0.25) is 0 Å². The topological polar surface area (TPSA) is 42.2 Å². The van der Waals surface area contributed by atoms with Gasteiger partial charge >= 0.3 is 0 Å². The summed E-state index contributed by atoms with van der Waals surface area (Å²) in [6.45, 7) is 2.74. The summed E-state index contributed by atoms with van der Waals surface area (Å²) in [5, 5.41) is 8.78. The van der Waals surface area contributed by atoms with Crippen LogP contribution in [-0.4, -0.2) is 6.61 Å². The molecule has 0 aromatic heterocycles. The van der Waals surface area contributed by atoms with E-state index in [4.69, 9.17) is 14.7 Å². The summed E-state index contributed by atoms with van der Waals surface area (Å²) in [6, 6.07) is 13.3. The standard InChI is InChI=1S/C16H14FNO2/c1-2-19-15-3-5-16(6-4-15)20-11-13-7-12(10-18)8-14(17)9-13/h3-9H,2,11H2,1H3. The zero-order valence-electron chi connectivity index (χ0n) is 11.1. The van der Waals surface area contributed by atoms with E-state index in [0.717, 1.165) is 5.75 Å². The van der Waals surface area contributed by atoms with E-state index < -0.39 is 5.82 Å². The van der Waals surface area contributed by atoms with Crippen LogP contribution in [0.2, 0.25) is 0 Å². The van der Waals surface area contributed by atoms with Gasteiger partial charge in [0.1, 0.15) is 23.9 Å². The van der Waals surface area contributed by atoms with Crippen molar-refractivity contribution in [3.8, 4) is 17.6 Å². The minimum Gasteiger partial charge on any atom is -0.494 e. The molecule has 3 nitrogen and oxygen atoms in total. The Hall–Kier alpha value is -2.54. The van der Waals surface area contributed by atoms with Crippen LogP contribution >= 0.6 is 0 Å². The van der Waals surface area contributed by atoms with E-state index in [2.05, 4.69) is 0 Å². The fraction of sp³-hybridized carbons (Fsp3) is 0.188. The molecule has 0 bridgehead atoms. The molecule has 20 heavy (non-hydrogen) atoms. The first-order chi connectivity index (χ1) is 9.71. The van der Waals surface area contributed by atoms with Crippen LogP contribution in [0.3, 0.4) is 0 Å². The molecule has 2 rings (SSSR count). The molecule has 2 aromatic carbocycles. The van der Waals surface area contributed by atoms with Crippen LogP contribution in [0.15, 0.2) is 42.5 Å². The molecule has 0 heterocycles. The van der Waals surface area contributed by atoms with Crippen molar-refractivity contribution in [3.05, 3.63) is 59.4 Å². The molecule has 0 unspecified atom stereocenters. The number of hydrogen-bond acceptors (Lipinski definition) is 3. The number of halogens is 1. The van der Waals surface area contributed by atoms with Crippen molar-refractivity contribution in [1.29, 1.82) is 5.26 Å². The normalized spacial score (nSPS) is 9.85. The van der Waals surface area contributed by atoms with E-state index in [1.807, 2.05) is 25.1 Å². The Balaban J connectivity index is 2.01. The zero-order valence-corrected chi connectivity index (χ0v) is 11.1. The SMILES string of the molecule is CCOc1ccc(OCc2cc(F)cc(C#N)c2)cc1. The van der Waals surface area contributed by atoms with Gasteiger partial charge in [-0.2, -0.15) is 5.26 Å². The maximum Gasteiger partial charge on any atom is 0.124 e. The van der Waals surface area contributed by atoms with Crippen LogP contribution in [0.1, 0.15) is 18.1 Å². The average molecular weight is 271 g/mol. The highest BCUT2D eigenvalue weighted by molar-refractivity contribution is 5.34. The van der Waals surface area contributed by atoms with E-state index >= 15 is 0 Å². The van der Waals surface area contributed by atoms with Crippen LogP contribution in [0.5, 0.6) is 11.5 Å². The molecule has 0 spiro atoms. The van der Waals surface area contributed by atoms with Gasteiger partial charge in [0.05, 0.1) is 18.2 Å². The van der Waals surface area contributed by atoms with Crippen LogP contribution in [-0.2, 0) is 6.61 Å². The third-order valence-electron chi connectivity index (χ3n) is 2.63. The minimum atomic E-state index is -0.436. The maximum atomic E-state index is 13.3. The molecule has 0 saturated carbocycles. The summed E-state index contributed by atoms with van der Waals surface area (Å²) in [7, 11) is 0. The lowest BCUT2D eigenvalue weighted by Crippen LogP contribution is -1.97. The van der Waals surface area contributed by atoms with Gasteiger partial charge in [-0.15, -0.1) is 0 Å². The maximum absolute atomic E-state index is 13.3. The third kappa shape index (κ3) is 3.72. The zero-order chi connectivity index (χ0) is 14.4. The quantitative estimate of drug-likeness (QED) is 0.833. The Labute approximate surface area is 117 Å². The second kappa shape index (κ2) is 6.58. The number of nitrogens with zero attached hydrogens (tertiary/aromatic N) is 1. The smallest absolute Gasteiger partial charge is 0.124 e. The van der Waals surface area contributed by atoms with E-state index in [-0.39, 0.29) is 12.2 Å². The number of benzene rings is 2. The van der Waals surface area contributed by atoms with Gasteiger partial charge in [-0.1, -0.05) is 0 Å². The Bertz CT molecular complexity index is 617. The molecule has 0 atom stereocenters. The van der Waals surface area contributed by atoms with Crippen molar-refractivity contribution in [2.45, 2.75) is 13.5 Å². The molecule has 0 amide bonds. The third-order valence-corrected chi connectivity index (χ3v) is 2.63. The van der Waals surface area contributed by atoms with Crippen LogP contribution in [0, 0.1) is 17.1 Å². The van der Waals surface area contributed by atoms with Crippen molar-refractivity contribution < 1.29 is 13.9 Å². The lowest BCUT2D eigenvalue weighted by Gasteiger charge is -2.08. The lowest BCUT2D eigenvalue weighted by atomic mass is 10.1. The molecule has 0 aliphatic heterocycles. The molecule has 0 N–H and O–H groups in total. The second-order valence-electron chi connectivity index (χ2n) is 4.15.